The largest absolute Gasteiger partial charge is 0.370 e. The van der Waals surface area contributed by atoms with Crippen molar-refractivity contribution in [3.8, 4) is 0 Å². The van der Waals surface area contributed by atoms with E-state index in [1.54, 1.807) is 6.07 Å². The quantitative estimate of drug-likeness (QED) is 0.424. The first kappa shape index (κ1) is 23.7. The first-order valence-corrected chi connectivity index (χ1v) is 9.63. The van der Waals surface area contributed by atoms with E-state index in [9.17, 15) is 26.7 Å². The fraction of sp³-hybridized carbons (Fsp3) is 0.238. The van der Waals surface area contributed by atoms with Crippen LogP contribution in [-0.2, 0) is 17.9 Å². The van der Waals surface area contributed by atoms with Crippen LogP contribution in [0.3, 0.4) is 0 Å². The number of hydrogen-bond acceptors (Lipinski definition) is 3. The van der Waals surface area contributed by atoms with Crippen LogP contribution in [0.15, 0.2) is 54.9 Å². The summed E-state index contributed by atoms with van der Waals surface area (Å²) in [6.07, 6.45) is -0.971. The van der Waals surface area contributed by atoms with Gasteiger partial charge in [-0.2, -0.15) is 13.9 Å². The molecule has 0 atom stereocenters. The number of anilines is 1. The Bertz CT molecular complexity index is 1070. The number of ether oxygens (including phenoxy) is 1. The van der Waals surface area contributed by atoms with E-state index < -0.39 is 30.7 Å². The first-order valence-electron chi connectivity index (χ1n) is 9.25. The molecule has 0 aliphatic rings. The number of rotatable bonds is 9. The van der Waals surface area contributed by atoms with Crippen LogP contribution in [0, 0.1) is 5.82 Å². The maximum Gasteiger partial charge on any atom is 0.330 e. The van der Waals surface area contributed by atoms with E-state index in [0.717, 1.165) is 0 Å². The second kappa shape index (κ2) is 10.1. The summed E-state index contributed by atoms with van der Waals surface area (Å²) in [7, 11) is 0. The molecule has 0 bridgehead atoms. The van der Waals surface area contributed by atoms with Crippen molar-refractivity contribution in [2.24, 2.45) is 0 Å². The standard InChI is InChI=1S/C21H17ClF5N3O2/c22-17-5-2-6-18(23)16(17)10-30-9-15(8-28-30)29-19(31)14-4-1-3-13(7-14)11-32-12-21(26,27)20(24)25/h1-9,20H,10-12H2,(H,29,31). The van der Waals surface area contributed by atoms with Gasteiger partial charge in [0.05, 0.1) is 25.0 Å². The number of nitrogens with one attached hydrogen (secondary N) is 1. The number of hydrogen-bond donors (Lipinski definition) is 1. The predicted molar refractivity (Wildman–Crippen MR) is 108 cm³/mol. The van der Waals surface area contributed by atoms with E-state index >= 15 is 0 Å². The van der Waals surface area contributed by atoms with Crippen LogP contribution in [0.5, 0.6) is 0 Å². The Hall–Kier alpha value is -2.98. The van der Waals surface area contributed by atoms with Gasteiger partial charge in [-0.05, 0) is 29.8 Å². The Morgan fingerprint density at radius 3 is 2.69 bits per heavy atom. The highest BCUT2D eigenvalue weighted by Gasteiger charge is 2.40. The minimum absolute atomic E-state index is 0.0530. The summed E-state index contributed by atoms with van der Waals surface area (Å²) in [6, 6.07) is 10.2. The van der Waals surface area contributed by atoms with Crippen LogP contribution >= 0.6 is 11.6 Å². The third-order valence-corrected chi connectivity index (χ3v) is 4.70. The Balaban J connectivity index is 1.60. The third kappa shape index (κ3) is 6.04. The Morgan fingerprint density at radius 1 is 1.22 bits per heavy atom. The molecule has 0 fully saturated rings. The number of benzene rings is 2. The molecule has 3 aromatic rings. The maximum absolute atomic E-state index is 13.9. The highest BCUT2D eigenvalue weighted by Crippen LogP contribution is 2.24. The molecule has 0 unspecified atom stereocenters. The van der Waals surface area contributed by atoms with Gasteiger partial charge in [0.15, 0.2) is 0 Å². The SMILES string of the molecule is O=C(Nc1cnn(Cc2c(F)cccc2Cl)c1)c1cccc(COCC(F)(F)C(F)F)c1. The number of aromatic nitrogens is 2. The summed E-state index contributed by atoms with van der Waals surface area (Å²) in [5.74, 6) is -5.25. The Kier molecular flexibility index (Phi) is 7.47. The van der Waals surface area contributed by atoms with Gasteiger partial charge in [-0.1, -0.05) is 29.8 Å². The van der Waals surface area contributed by atoms with E-state index in [-0.39, 0.29) is 29.3 Å². The van der Waals surface area contributed by atoms with Crippen molar-refractivity contribution in [3.05, 3.63) is 82.4 Å². The second-order valence-electron chi connectivity index (χ2n) is 6.84. The number of halogens is 6. The summed E-state index contributed by atoms with van der Waals surface area (Å²) in [5.41, 5.74) is 1.13. The number of nitrogens with zero attached hydrogens (tertiary/aromatic N) is 2. The van der Waals surface area contributed by atoms with Crippen LogP contribution in [0.2, 0.25) is 5.02 Å². The molecule has 11 heteroatoms. The molecular weight excluding hydrogens is 457 g/mol. The van der Waals surface area contributed by atoms with Gasteiger partial charge in [-0.25, -0.2) is 13.2 Å². The molecule has 1 heterocycles. The molecule has 1 amide bonds. The molecule has 0 aliphatic heterocycles. The van der Waals surface area contributed by atoms with Crippen LogP contribution in [0.4, 0.5) is 27.6 Å². The number of carbonyl (C=O) groups excluding carboxylic acids is 1. The minimum Gasteiger partial charge on any atom is -0.370 e. The molecule has 32 heavy (non-hydrogen) atoms. The zero-order valence-corrected chi connectivity index (χ0v) is 17.1. The van der Waals surface area contributed by atoms with Crippen molar-refractivity contribution < 1.29 is 31.5 Å². The minimum atomic E-state index is -4.25. The molecule has 2 aromatic carbocycles. The van der Waals surface area contributed by atoms with E-state index in [1.807, 2.05) is 0 Å². The van der Waals surface area contributed by atoms with Gasteiger partial charge in [-0.15, -0.1) is 0 Å². The summed E-state index contributed by atoms with van der Waals surface area (Å²) >= 11 is 6.00. The normalized spacial score (nSPS) is 11.7. The van der Waals surface area contributed by atoms with Crippen LogP contribution in [0.25, 0.3) is 0 Å². The van der Waals surface area contributed by atoms with Crippen LogP contribution < -0.4 is 5.32 Å². The van der Waals surface area contributed by atoms with Crippen molar-refractivity contribution in [2.45, 2.75) is 25.5 Å². The van der Waals surface area contributed by atoms with Crippen molar-refractivity contribution in [3.63, 3.8) is 0 Å². The lowest BCUT2D eigenvalue weighted by Gasteiger charge is -2.15. The summed E-state index contributed by atoms with van der Waals surface area (Å²) in [6.45, 7) is -1.76. The summed E-state index contributed by atoms with van der Waals surface area (Å²) < 4.78 is 70.1. The zero-order valence-electron chi connectivity index (χ0n) is 16.4. The molecule has 0 aliphatic carbocycles. The van der Waals surface area contributed by atoms with Crippen LogP contribution in [0.1, 0.15) is 21.5 Å². The lowest BCUT2D eigenvalue weighted by molar-refractivity contribution is -0.168. The lowest BCUT2D eigenvalue weighted by Crippen LogP contribution is -2.32. The average molecular weight is 474 g/mol. The number of amides is 1. The van der Waals surface area contributed by atoms with Crippen LogP contribution in [-0.4, -0.2) is 34.6 Å². The highest BCUT2D eigenvalue weighted by atomic mass is 35.5. The third-order valence-electron chi connectivity index (χ3n) is 4.34. The molecule has 0 spiro atoms. The molecule has 1 N–H and O–H groups in total. The van der Waals surface area contributed by atoms with E-state index in [2.05, 4.69) is 15.2 Å². The molecule has 5 nitrogen and oxygen atoms in total. The molecule has 170 valence electrons. The van der Waals surface area contributed by atoms with Gasteiger partial charge in [0.1, 0.15) is 12.4 Å². The molecule has 1 aromatic heterocycles. The molecule has 3 rings (SSSR count). The highest BCUT2D eigenvalue weighted by molar-refractivity contribution is 6.31. The van der Waals surface area contributed by atoms with Gasteiger partial charge in [0.25, 0.3) is 5.91 Å². The molecule has 0 saturated heterocycles. The molecular formula is C21H17ClF5N3O2. The molecule has 0 saturated carbocycles. The van der Waals surface area contributed by atoms with Crippen molar-refractivity contribution in [1.82, 2.24) is 9.78 Å². The Morgan fingerprint density at radius 2 is 1.97 bits per heavy atom. The second-order valence-corrected chi connectivity index (χ2v) is 7.24. The topological polar surface area (TPSA) is 56.2 Å². The summed E-state index contributed by atoms with van der Waals surface area (Å²) in [4.78, 5) is 12.5. The van der Waals surface area contributed by atoms with Gasteiger partial charge in [0.2, 0.25) is 0 Å². The van der Waals surface area contributed by atoms with Crippen molar-refractivity contribution >= 4 is 23.2 Å². The fourth-order valence-corrected chi connectivity index (χ4v) is 2.96. The fourth-order valence-electron chi connectivity index (χ4n) is 2.73. The monoisotopic (exact) mass is 473 g/mol. The van der Waals surface area contributed by atoms with Gasteiger partial charge in [-0.3, -0.25) is 9.48 Å². The first-order chi connectivity index (χ1) is 15.2. The number of alkyl halides is 4. The van der Waals surface area contributed by atoms with Gasteiger partial charge >= 0.3 is 12.3 Å². The zero-order chi connectivity index (χ0) is 23.3. The summed E-state index contributed by atoms with van der Waals surface area (Å²) in [5, 5.41) is 6.91. The maximum atomic E-state index is 13.9. The lowest BCUT2D eigenvalue weighted by atomic mass is 10.1. The number of carbonyl (C=O) groups is 1. The van der Waals surface area contributed by atoms with Crippen molar-refractivity contribution in [1.29, 1.82) is 0 Å². The van der Waals surface area contributed by atoms with E-state index in [0.29, 0.717) is 11.3 Å². The van der Waals surface area contributed by atoms with E-state index in [4.69, 9.17) is 11.6 Å². The average Bonchev–Trinajstić information content (AvgIpc) is 3.18. The molecule has 0 radical (unpaired) electrons. The van der Waals surface area contributed by atoms with Gasteiger partial charge in [0, 0.05) is 22.3 Å². The van der Waals surface area contributed by atoms with Gasteiger partial charge < -0.3 is 10.1 Å². The predicted octanol–water partition coefficient (Wildman–Crippen LogP) is 5.39. The van der Waals surface area contributed by atoms with Crippen molar-refractivity contribution in [2.75, 3.05) is 11.9 Å². The van der Waals surface area contributed by atoms with E-state index in [1.165, 1.54) is 53.5 Å². The smallest absolute Gasteiger partial charge is 0.330 e. The Labute approximate surface area is 184 Å².